The van der Waals surface area contributed by atoms with Crippen LogP contribution >= 0.6 is 0 Å². The second-order valence-corrected chi connectivity index (χ2v) is 15.7. The largest absolute Gasteiger partial charge is 0.508 e. The Bertz CT molecular complexity index is 2080. The number of carbonyl (C=O) groups is 4. The van der Waals surface area contributed by atoms with Gasteiger partial charge in [-0.25, -0.2) is 0 Å². The van der Waals surface area contributed by atoms with E-state index in [0.29, 0.717) is 43.2 Å². The third-order valence-electron chi connectivity index (χ3n) is 12.2. The molecule has 10 nitrogen and oxygen atoms in total. The van der Waals surface area contributed by atoms with Crippen molar-refractivity contribution in [1.82, 2.24) is 20.0 Å². The van der Waals surface area contributed by atoms with Gasteiger partial charge in [-0.1, -0.05) is 60.7 Å². The summed E-state index contributed by atoms with van der Waals surface area (Å²) in [6.45, 7) is 4.86. The van der Waals surface area contributed by atoms with Gasteiger partial charge in [-0.2, -0.15) is 0 Å². The van der Waals surface area contributed by atoms with Crippen LogP contribution in [0.2, 0.25) is 0 Å². The van der Waals surface area contributed by atoms with E-state index in [1.165, 1.54) is 22.3 Å². The van der Waals surface area contributed by atoms with Crippen LogP contribution in [0.15, 0.2) is 91.0 Å². The summed E-state index contributed by atoms with van der Waals surface area (Å²) in [4.78, 5) is 55.9. The van der Waals surface area contributed by atoms with E-state index >= 15 is 0 Å². The van der Waals surface area contributed by atoms with Crippen molar-refractivity contribution in [3.05, 3.63) is 130 Å². The molecule has 0 bridgehead atoms. The number of aryl methyl sites for hydroxylation is 2. The van der Waals surface area contributed by atoms with Crippen LogP contribution in [0.1, 0.15) is 94.1 Å². The molecular formula is C46H50N4O6. The molecule has 0 spiro atoms. The summed E-state index contributed by atoms with van der Waals surface area (Å²) in [5.74, 6) is 1.09. The van der Waals surface area contributed by atoms with Crippen molar-refractivity contribution in [2.45, 2.75) is 75.8 Å². The molecule has 1 unspecified atom stereocenters. The molecule has 8 rings (SSSR count). The van der Waals surface area contributed by atoms with Crippen LogP contribution < -0.4 is 10.1 Å². The number of nitrogens with one attached hydrogen (secondary N) is 1. The number of aromatic hydroxyl groups is 1. The quantitative estimate of drug-likeness (QED) is 0.136. The normalized spacial score (nSPS) is 21.1. The van der Waals surface area contributed by atoms with E-state index in [0.717, 1.165) is 81.7 Å². The van der Waals surface area contributed by atoms with Crippen molar-refractivity contribution < 1.29 is 29.0 Å². The molecule has 2 fully saturated rings. The predicted molar refractivity (Wildman–Crippen MR) is 212 cm³/mol. The molecular weight excluding hydrogens is 705 g/mol. The summed E-state index contributed by atoms with van der Waals surface area (Å²) in [6.07, 6.45) is 5.58. The average molecular weight is 755 g/mol. The summed E-state index contributed by atoms with van der Waals surface area (Å²) in [5.41, 5.74) is 7.75. The van der Waals surface area contributed by atoms with E-state index in [4.69, 9.17) is 4.74 Å². The van der Waals surface area contributed by atoms with E-state index in [-0.39, 0.29) is 30.1 Å². The number of hydrogen-bond donors (Lipinski definition) is 2. The van der Waals surface area contributed by atoms with Gasteiger partial charge in [0.2, 0.25) is 17.7 Å². The number of amides is 4. The Morgan fingerprint density at radius 3 is 2.39 bits per heavy atom. The zero-order valence-corrected chi connectivity index (χ0v) is 31.8. The SMILES string of the molecule is O=C1CCC(N2Cc3cc(CCCCC(=O)N4CCN(CCOc5ccc([C@@H]6c7ccc(O)cc7CC[C@@H]6c6ccccc6)cc5)CC4)ccc3C2=O)C(=O)N1. The summed E-state index contributed by atoms with van der Waals surface area (Å²) in [6, 6.07) is 30.3. The van der Waals surface area contributed by atoms with Crippen LogP contribution in [0.25, 0.3) is 0 Å². The van der Waals surface area contributed by atoms with Crippen LogP contribution in [-0.2, 0) is 33.8 Å². The molecule has 4 aromatic rings. The Balaban J connectivity index is 0.755. The highest BCUT2D eigenvalue weighted by atomic mass is 16.5. The van der Waals surface area contributed by atoms with Crippen molar-refractivity contribution >= 4 is 23.6 Å². The topological polar surface area (TPSA) is 119 Å². The van der Waals surface area contributed by atoms with Gasteiger partial charge in [-0.05, 0) is 108 Å². The van der Waals surface area contributed by atoms with Gasteiger partial charge >= 0.3 is 0 Å². The first-order chi connectivity index (χ1) is 27.3. The van der Waals surface area contributed by atoms with Crippen LogP contribution in [0.3, 0.4) is 0 Å². The Morgan fingerprint density at radius 1 is 0.804 bits per heavy atom. The molecule has 3 atom stereocenters. The predicted octanol–water partition coefficient (Wildman–Crippen LogP) is 5.95. The van der Waals surface area contributed by atoms with Gasteiger partial charge in [0.25, 0.3) is 5.91 Å². The lowest BCUT2D eigenvalue weighted by Crippen LogP contribution is -2.52. The summed E-state index contributed by atoms with van der Waals surface area (Å²) < 4.78 is 6.19. The highest BCUT2D eigenvalue weighted by Crippen LogP contribution is 2.47. The van der Waals surface area contributed by atoms with Crippen molar-refractivity contribution in [3.63, 3.8) is 0 Å². The van der Waals surface area contributed by atoms with Crippen molar-refractivity contribution in [2.75, 3.05) is 39.3 Å². The van der Waals surface area contributed by atoms with Gasteiger partial charge in [0.1, 0.15) is 24.1 Å². The maximum absolute atomic E-state index is 13.0. The fraction of sp³-hybridized carbons (Fsp3) is 0.391. The van der Waals surface area contributed by atoms with Gasteiger partial charge in [0.05, 0.1) is 0 Å². The molecule has 10 heteroatoms. The molecule has 3 aliphatic heterocycles. The van der Waals surface area contributed by atoms with E-state index in [2.05, 4.69) is 70.9 Å². The van der Waals surface area contributed by atoms with Gasteiger partial charge < -0.3 is 19.6 Å². The summed E-state index contributed by atoms with van der Waals surface area (Å²) in [5, 5.41) is 12.5. The number of fused-ring (bicyclic) bond motifs is 2. The van der Waals surface area contributed by atoms with Crippen molar-refractivity contribution in [2.24, 2.45) is 0 Å². The minimum absolute atomic E-state index is 0.160. The maximum Gasteiger partial charge on any atom is 0.255 e. The molecule has 1 aliphatic carbocycles. The number of phenols is 1. The fourth-order valence-corrected chi connectivity index (χ4v) is 9.11. The second-order valence-electron chi connectivity index (χ2n) is 15.7. The van der Waals surface area contributed by atoms with Gasteiger partial charge in [0, 0.05) is 63.6 Å². The molecule has 0 saturated carbocycles. The molecule has 4 aliphatic rings. The minimum atomic E-state index is -0.611. The zero-order chi connectivity index (χ0) is 38.6. The van der Waals surface area contributed by atoms with Gasteiger partial charge in [0.15, 0.2) is 0 Å². The van der Waals surface area contributed by atoms with E-state index < -0.39 is 11.9 Å². The Morgan fingerprint density at radius 2 is 1.61 bits per heavy atom. The number of nitrogens with zero attached hydrogens (tertiary/aromatic N) is 3. The number of benzene rings is 4. The van der Waals surface area contributed by atoms with Crippen LogP contribution in [0.5, 0.6) is 11.5 Å². The lowest BCUT2D eigenvalue weighted by molar-refractivity contribution is -0.137. The molecule has 4 aromatic carbocycles. The number of phenolic OH excluding ortho intramolecular Hbond substituents is 1. The molecule has 290 valence electrons. The molecule has 3 heterocycles. The maximum atomic E-state index is 13.0. The monoisotopic (exact) mass is 754 g/mol. The number of rotatable bonds is 12. The molecule has 0 aromatic heterocycles. The summed E-state index contributed by atoms with van der Waals surface area (Å²) >= 11 is 0. The lowest BCUT2D eigenvalue weighted by Gasteiger charge is -2.35. The number of ether oxygens (including phenoxy) is 1. The third-order valence-corrected chi connectivity index (χ3v) is 12.2. The lowest BCUT2D eigenvalue weighted by atomic mass is 9.69. The first-order valence-electron chi connectivity index (χ1n) is 20.2. The third kappa shape index (κ3) is 8.21. The zero-order valence-electron chi connectivity index (χ0n) is 31.8. The van der Waals surface area contributed by atoms with E-state index in [9.17, 15) is 24.3 Å². The first kappa shape index (κ1) is 37.4. The van der Waals surface area contributed by atoms with Crippen molar-refractivity contribution in [3.8, 4) is 11.5 Å². The van der Waals surface area contributed by atoms with Gasteiger partial charge in [-0.3, -0.25) is 29.4 Å². The Hall–Kier alpha value is -5.48. The van der Waals surface area contributed by atoms with Crippen LogP contribution in [0, 0.1) is 0 Å². The number of unbranched alkanes of at least 4 members (excludes halogenated alkanes) is 1. The smallest absolute Gasteiger partial charge is 0.255 e. The van der Waals surface area contributed by atoms with Gasteiger partial charge in [-0.15, -0.1) is 0 Å². The van der Waals surface area contributed by atoms with E-state index in [1.807, 2.05) is 29.2 Å². The second kappa shape index (κ2) is 16.7. The highest BCUT2D eigenvalue weighted by Gasteiger charge is 2.39. The number of piperazine rings is 1. The number of carbonyl (C=O) groups excluding carboxylic acids is 4. The van der Waals surface area contributed by atoms with E-state index in [1.54, 1.807) is 11.0 Å². The van der Waals surface area contributed by atoms with Crippen LogP contribution in [0.4, 0.5) is 0 Å². The van der Waals surface area contributed by atoms with Crippen molar-refractivity contribution in [1.29, 1.82) is 0 Å². The Kier molecular flexibility index (Phi) is 11.2. The molecule has 4 amide bonds. The molecule has 2 N–H and O–H groups in total. The number of hydrogen-bond acceptors (Lipinski definition) is 7. The Labute approximate surface area is 328 Å². The fourth-order valence-electron chi connectivity index (χ4n) is 9.11. The average Bonchev–Trinajstić information content (AvgIpc) is 3.54. The number of imide groups is 1. The molecule has 56 heavy (non-hydrogen) atoms. The number of piperidine rings is 1. The summed E-state index contributed by atoms with van der Waals surface area (Å²) in [7, 11) is 0. The molecule has 0 radical (unpaired) electrons. The van der Waals surface area contributed by atoms with Crippen LogP contribution in [-0.4, -0.2) is 88.8 Å². The minimum Gasteiger partial charge on any atom is -0.508 e. The molecule has 2 saturated heterocycles. The highest BCUT2D eigenvalue weighted by molar-refractivity contribution is 6.05. The standard InChI is InChI=1S/C46H50N4O6/c51-36-14-19-39-34(29-36)13-18-38(32-7-2-1-3-8-32)44(39)33-11-15-37(16-12-33)56-27-26-48-22-24-49(25-23-48)43(53)9-5-4-6-31-10-17-40-35(28-31)30-50(46(40)55)41-20-21-42(52)47-45(41)54/h1-3,7-8,10-12,14-17,19,28-29,38,41,44,51H,4-6,9,13,18,20-27,30H2,(H,47,52,54)/t38-,41?,44+/m1/s1. The first-order valence-corrected chi connectivity index (χ1v) is 20.2.